The van der Waals surface area contributed by atoms with Crippen molar-refractivity contribution in [3.05, 3.63) is 94.5 Å². The molecule has 0 aliphatic carbocycles. The van der Waals surface area contributed by atoms with E-state index in [-0.39, 0.29) is 11.9 Å². The number of carbonyl (C=O) groups is 1. The number of aromatic nitrogens is 2. The smallest absolute Gasteiger partial charge is 0.323 e. The third-order valence-corrected chi connectivity index (χ3v) is 6.08. The maximum atomic E-state index is 12.6. The van der Waals surface area contributed by atoms with E-state index in [1.54, 1.807) is 35.0 Å². The molecule has 3 N–H and O–H groups in total. The van der Waals surface area contributed by atoms with E-state index in [9.17, 15) is 9.90 Å². The summed E-state index contributed by atoms with van der Waals surface area (Å²) in [6, 6.07) is 23.8. The van der Waals surface area contributed by atoms with Crippen molar-refractivity contribution >= 4 is 62.3 Å². The van der Waals surface area contributed by atoms with Crippen molar-refractivity contribution in [2.24, 2.45) is 0 Å². The Morgan fingerprint density at radius 2 is 1.70 bits per heavy atom. The first-order chi connectivity index (χ1) is 16.0. The van der Waals surface area contributed by atoms with Gasteiger partial charge in [0.2, 0.25) is 5.88 Å². The van der Waals surface area contributed by atoms with Crippen molar-refractivity contribution < 1.29 is 9.90 Å². The fraction of sp³-hybridized carbons (Fsp3) is 0.0400. The van der Waals surface area contributed by atoms with Crippen LogP contribution in [0.4, 0.5) is 16.2 Å². The van der Waals surface area contributed by atoms with Crippen LogP contribution in [0.5, 0.6) is 5.88 Å². The van der Waals surface area contributed by atoms with Crippen molar-refractivity contribution in [3.8, 4) is 5.88 Å². The molecule has 164 valence electrons. The van der Waals surface area contributed by atoms with E-state index in [0.29, 0.717) is 33.4 Å². The number of fused-ring (bicyclic) bond motifs is 2. The number of nitrogens with zero attached hydrogens (tertiary/aromatic N) is 2. The molecule has 1 aromatic heterocycles. The monoisotopic (exact) mass is 476 g/mol. The highest BCUT2D eigenvalue weighted by molar-refractivity contribution is 6.42. The summed E-state index contributed by atoms with van der Waals surface area (Å²) < 4.78 is 1.67. The minimum absolute atomic E-state index is 0.122. The summed E-state index contributed by atoms with van der Waals surface area (Å²) in [6.07, 6.45) is 0. The molecular formula is C25H18Cl2N4O2. The molecule has 2 amide bonds. The molecule has 0 bridgehead atoms. The molecule has 0 aliphatic rings. The molecule has 0 fully saturated rings. The number of urea groups is 1. The lowest BCUT2D eigenvalue weighted by atomic mass is 10.1. The van der Waals surface area contributed by atoms with Gasteiger partial charge in [0.25, 0.3) is 0 Å². The maximum absolute atomic E-state index is 12.6. The largest absolute Gasteiger partial charge is 0.492 e. The predicted octanol–water partition coefficient (Wildman–Crippen LogP) is 6.89. The second-order valence-electron chi connectivity index (χ2n) is 7.57. The molecule has 0 aliphatic heterocycles. The summed E-state index contributed by atoms with van der Waals surface area (Å²) in [5.41, 5.74) is 2.86. The van der Waals surface area contributed by atoms with Gasteiger partial charge in [-0.05, 0) is 47.3 Å². The van der Waals surface area contributed by atoms with Crippen LogP contribution in [0.1, 0.15) is 5.56 Å². The average Bonchev–Trinajstić information content (AvgIpc) is 3.11. The van der Waals surface area contributed by atoms with Gasteiger partial charge in [0, 0.05) is 11.1 Å². The molecular weight excluding hydrogens is 459 g/mol. The fourth-order valence-corrected chi connectivity index (χ4v) is 4.11. The first-order valence-corrected chi connectivity index (χ1v) is 10.9. The molecule has 5 aromatic rings. The van der Waals surface area contributed by atoms with Gasteiger partial charge in [-0.3, -0.25) is 4.68 Å². The second-order valence-corrected chi connectivity index (χ2v) is 8.38. The summed E-state index contributed by atoms with van der Waals surface area (Å²) in [5, 5.41) is 23.8. The maximum Gasteiger partial charge on any atom is 0.323 e. The van der Waals surface area contributed by atoms with Gasteiger partial charge in [0.05, 0.1) is 33.2 Å². The normalized spacial score (nSPS) is 11.1. The standard InChI is InChI=1S/C25H18Cl2N4O2/c26-20-10-8-15(12-21(20)27)14-31-23-11-9-17(13-19(23)24(32)30-31)28-25(33)29-22-7-3-5-16-4-1-2-6-18(16)22/h1-13H,14H2,(H,30,32)(H2,28,29,33). The number of halogens is 2. The van der Waals surface area contributed by atoms with Crippen LogP contribution in [0.15, 0.2) is 78.9 Å². The van der Waals surface area contributed by atoms with Crippen molar-refractivity contribution in [1.82, 2.24) is 9.78 Å². The quantitative estimate of drug-likeness (QED) is 0.264. The summed E-state index contributed by atoms with van der Waals surface area (Å²) in [5.74, 6) is -0.122. The van der Waals surface area contributed by atoms with Crippen LogP contribution in [0.2, 0.25) is 10.0 Å². The number of anilines is 2. The molecule has 0 saturated heterocycles. The van der Waals surface area contributed by atoms with Gasteiger partial charge in [0.1, 0.15) is 0 Å². The molecule has 6 nitrogen and oxygen atoms in total. The highest BCUT2D eigenvalue weighted by Gasteiger charge is 2.13. The molecule has 0 radical (unpaired) electrons. The Hall–Kier alpha value is -3.74. The molecule has 5 rings (SSSR count). The number of rotatable bonds is 4. The van der Waals surface area contributed by atoms with E-state index in [2.05, 4.69) is 15.7 Å². The SMILES string of the molecule is O=C(Nc1ccc2c(c1)c(O)nn2Cc1ccc(Cl)c(Cl)c1)Nc1cccc2ccccc12. The summed E-state index contributed by atoms with van der Waals surface area (Å²) in [6.45, 7) is 0.405. The van der Waals surface area contributed by atoms with Gasteiger partial charge in [-0.1, -0.05) is 65.7 Å². The van der Waals surface area contributed by atoms with Gasteiger partial charge in [0.15, 0.2) is 0 Å². The molecule has 0 atom stereocenters. The molecule has 0 unspecified atom stereocenters. The molecule has 0 saturated carbocycles. The Kier molecular flexibility index (Phi) is 5.54. The van der Waals surface area contributed by atoms with Gasteiger partial charge >= 0.3 is 6.03 Å². The van der Waals surface area contributed by atoms with Gasteiger partial charge in [-0.2, -0.15) is 0 Å². The second kappa shape index (κ2) is 8.65. The number of nitrogens with one attached hydrogen (secondary N) is 2. The van der Waals surface area contributed by atoms with Crippen LogP contribution in [0, 0.1) is 0 Å². The summed E-state index contributed by atoms with van der Waals surface area (Å²) in [4.78, 5) is 12.6. The van der Waals surface area contributed by atoms with Crippen molar-refractivity contribution in [2.45, 2.75) is 6.54 Å². The first kappa shape index (κ1) is 21.1. The lowest BCUT2D eigenvalue weighted by molar-refractivity contribution is 0.262. The van der Waals surface area contributed by atoms with Crippen molar-refractivity contribution in [2.75, 3.05) is 10.6 Å². The van der Waals surface area contributed by atoms with E-state index < -0.39 is 0 Å². The minimum atomic E-state index is -0.381. The number of hydrogen-bond donors (Lipinski definition) is 3. The zero-order chi connectivity index (χ0) is 22.9. The highest BCUT2D eigenvalue weighted by atomic mass is 35.5. The summed E-state index contributed by atoms with van der Waals surface area (Å²) >= 11 is 12.1. The number of hydrogen-bond acceptors (Lipinski definition) is 3. The number of benzene rings is 4. The average molecular weight is 477 g/mol. The molecule has 33 heavy (non-hydrogen) atoms. The molecule has 0 spiro atoms. The first-order valence-electron chi connectivity index (χ1n) is 10.2. The van der Waals surface area contributed by atoms with Crippen molar-refractivity contribution in [3.63, 3.8) is 0 Å². The third-order valence-electron chi connectivity index (χ3n) is 5.34. The van der Waals surface area contributed by atoms with E-state index in [4.69, 9.17) is 23.2 Å². The van der Waals surface area contributed by atoms with E-state index in [1.165, 1.54) is 0 Å². The molecule has 8 heteroatoms. The third kappa shape index (κ3) is 4.31. The van der Waals surface area contributed by atoms with Crippen LogP contribution >= 0.6 is 23.2 Å². The van der Waals surface area contributed by atoms with Gasteiger partial charge in [-0.25, -0.2) is 4.79 Å². The van der Waals surface area contributed by atoms with Crippen molar-refractivity contribution in [1.29, 1.82) is 0 Å². The van der Waals surface area contributed by atoms with Gasteiger partial charge in [-0.15, -0.1) is 5.10 Å². The zero-order valence-corrected chi connectivity index (χ0v) is 18.7. The van der Waals surface area contributed by atoms with Crippen LogP contribution in [-0.4, -0.2) is 20.9 Å². The van der Waals surface area contributed by atoms with Gasteiger partial charge < -0.3 is 15.7 Å². The number of carbonyl (C=O) groups excluding carboxylic acids is 1. The molecule has 4 aromatic carbocycles. The van der Waals surface area contributed by atoms with Crippen LogP contribution in [0.25, 0.3) is 21.7 Å². The Balaban J connectivity index is 1.36. The predicted molar refractivity (Wildman–Crippen MR) is 134 cm³/mol. The Morgan fingerprint density at radius 3 is 2.55 bits per heavy atom. The van der Waals surface area contributed by atoms with Crippen LogP contribution < -0.4 is 10.6 Å². The number of amides is 2. The highest BCUT2D eigenvalue weighted by Crippen LogP contribution is 2.29. The number of aromatic hydroxyl groups is 1. The Bertz CT molecular complexity index is 1510. The van der Waals surface area contributed by atoms with E-state index in [1.807, 2.05) is 48.5 Å². The zero-order valence-electron chi connectivity index (χ0n) is 17.2. The van der Waals surface area contributed by atoms with E-state index >= 15 is 0 Å². The lowest BCUT2D eigenvalue weighted by Gasteiger charge is -2.10. The Morgan fingerprint density at radius 1 is 0.879 bits per heavy atom. The molecule has 1 heterocycles. The van der Waals surface area contributed by atoms with Crippen LogP contribution in [0.3, 0.4) is 0 Å². The lowest BCUT2D eigenvalue weighted by Crippen LogP contribution is -2.19. The Labute approximate surface area is 199 Å². The van der Waals surface area contributed by atoms with Crippen LogP contribution in [-0.2, 0) is 6.54 Å². The fourth-order valence-electron chi connectivity index (χ4n) is 3.79. The van der Waals surface area contributed by atoms with E-state index in [0.717, 1.165) is 21.9 Å². The topological polar surface area (TPSA) is 79.2 Å². The summed E-state index contributed by atoms with van der Waals surface area (Å²) in [7, 11) is 0. The minimum Gasteiger partial charge on any atom is -0.492 e.